The van der Waals surface area contributed by atoms with Crippen LogP contribution in [0.4, 0.5) is 8.78 Å². The zero-order valence-corrected chi connectivity index (χ0v) is 56.8. The van der Waals surface area contributed by atoms with E-state index in [4.69, 9.17) is 11.5 Å². The Bertz CT molecular complexity index is 4160. The van der Waals surface area contributed by atoms with Crippen molar-refractivity contribution in [2.45, 2.75) is 137 Å². The van der Waals surface area contributed by atoms with Gasteiger partial charge in [-0.1, -0.05) is 36.4 Å². The Labute approximate surface area is 587 Å². The van der Waals surface area contributed by atoms with Crippen LogP contribution in [0, 0.1) is 11.6 Å². The lowest BCUT2D eigenvalue weighted by Gasteiger charge is -2.31. The van der Waals surface area contributed by atoms with E-state index in [0.29, 0.717) is 64.1 Å². The predicted molar refractivity (Wildman–Crippen MR) is 372 cm³/mol. The Morgan fingerprint density at radius 3 is 1.87 bits per heavy atom. The minimum Gasteiger partial charge on any atom is -0.508 e. The molecular formula is C69H81F2N15O13S2. The van der Waals surface area contributed by atoms with Crippen LogP contribution >= 0.6 is 23.5 Å². The number of aromatic amines is 3. The molecule has 536 valence electrons. The molecule has 0 spiro atoms. The monoisotopic (exact) mass is 1430 g/mol. The first kappa shape index (κ1) is 74.9. The van der Waals surface area contributed by atoms with E-state index in [1.165, 1.54) is 115 Å². The van der Waals surface area contributed by atoms with Crippen LogP contribution in [0.1, 0.15) is 85.4 Å². The fourth-order valence-corrected chi connectivity index (χ4v) is 14.0. The lowest BCUT2D eigenvalue weighted by molar-refractivity contribution is -0.143. The van der Waals surface area contributed by atoms with Crippen LogP contribution < -0.4 is 54.0 Å². The van der Waals surface area contributed by atoms with E-state index in [1.807, 2.05) is 24.3 Å². The number of carbonyl (C=O) groups is 11. The third kappa shape index (κ3) is 20.9. The van der Waals surface area contributed by atoms with Crippen molar-refractivity contribution >= 4 is 110 Å². The largest absolute Gasteiger partial charge is 0.508 e. The number of phenols is 1. The molecule has 17 N–H and O–H groups in total. The number of thioether (sulfide) groups is 2. The molecule has 9 rings (SSSR count). The molecule has 0 saturated carbocycles. The summed E-state index contributed by atoms with van der Waals surface area (Å²) in [6.45, 7) is 1.07. The molecule has 32 heteroatoms. The van der Waals surface area contributed by atoms with Crippen LogP contribution in [0.2, 0.25) is 0 Å². The Balaban J connectivity index is 1.06. The number of carbonyl (C=O) groups excluding carboxylic acids is 10. The van der Waals surface area contributed by atoms with Crippen molar-refractivity contribution in [3.63, 3.8) is 0 Å². The van der Waals surface area contributed by atoms with Gasteiger partial charge in [-0.3, -0.25) is 52.7 Å². The predicted octanol–water partition coefficient (Wildman–Crippen LogP) is 2.18. The number of aromatic hydroxyl groups is 1. The number of nitrogens with one attached hydrogen (secondary N) is 11. The Morgan fingerprint density at radius 2 is 1.27 bits per heavy atom. The van der Waals surface area contributed by atoms with Crippen LogP contribution in [0.5, 0.6) is 5.75 Å². The highest BCUT2D eigenvalue weighted by molar-refractivity contribution is 7.98. The molecule has 0 aliphatic carbocycles. The van der Waals surface area contributed by atoms with Crippen molar-refractivity contribution in [2.75, 3.05) is 31.1 Å². The van der Waals surface area contributed by atoms with E-state index >= 15 is 14.4 Å². The molecule has 5 heterocycles. The van der Waals surface area contributed by atoms with E-state index in [0.717, 1.165) is 17.2 Å². The van der Waals surface area contributed by atoms with Gasteiger partial charge in [-0.2, -0.15) is 23.5 Å². The van der Waals surface area contributed by atoms with Gasteiger partial charge < -0.3 is 84.1 Å². The van der Waals surface area contributed by atoms with Gasteiger partial charge in [0.1, 0.15) is 65.2 Å². The van der Waals surface area contributed by atoms with Crippen LogP contribution in [-0.2, 0) is 89.9 Å². The molecule has 0 radical (unpaired) electrons. The number of unbranched alkanes of at least 4 members (excludes halogenated alkanes) is 1. The summed E-state index contributed by atoms with van der Waals surface area (Å²) in [6, 6.07) is 9.97. The van der Waals surface area contributed by atoms with E-state index in [9.17, 15) is 57.4 Å². The summed E-state index contributed by atoms with van der Waals surface area (Å²) < 4.78 is 29.9. The highest BCUT2D eigenvalue weighted by Crippen LogP contribution is 2.26. The molecule has 28 nitrogen and oxygen atoms in total. The number of carboxylic acid groups (broad SMARTS) is 1. The van der Waals surface area contributed by atoms with E-state index in [1.54, 1.807) is 0 Å². The Hall–Kier alpha value is -10.3. The van der Waals surface area contributed by atoms with Crippen LogP contribution in [0.3, 0.4) is 0 Å². The summed E-state index contributed by atoms with van der Waals surface area (Å²) in [4.78, 5) is 171. The van der Waals surface area contributed by atoms with Gasteiger partial charge in [-0.05, 0) is 122 Å². The number of aromatic nitrogens is 4. The summed E-state index contributed by atoms with van der Waals surface area (Å²) in [5.74, 6) is -10.7. The van der Waals surface area contributed by atoms with Gasteiger partial charge in [0.2, 0.25) is 59.1 Å². The molecule has 0 unspecified atom stereocenters. The lowest BCUT2D eigenvalue weighted by atomic mass is 9.93. The Kier molecular flexibility index (Phi) is 26.0. The number of phenolic OH excluding ortho intramolecular Hbond substituents is 1. The highest BCUT2D eigenvalue weighted by atomic mass is 32.2. The van der Waals surface area contributed by atoms with Crippen molar-refractivity contribution in [3.8, 4) is 5.75 Å². The van der Waals surface area contributed by atoms with Gasteiger partial charge in [-0.25, -0.2) is 13.8 Å². The van der Waals surface area contributed by atoms with Gasteiger partial charge in [-0.15, -0.1) is 0 Å². The summed E-state index contributed by atoms with van der Waals surface area (Å²) in [5.41, 5.74) is 14.0. The SMILES string of the molecule is C[C@@]1(CCCCN)NC(=O)CCSCc2cccc(c2)CSC[C@@H](C(N)=O)NC(=O)[C@@H]2CCCN2C(=O)[C@H](Cc2ccc(O)cc2)NC(=O)[C@H](Cc2cnc[nH]2)NC(=O)[C@H](CC(=O)O)NC(=O)[C@H](Cc2c[nH]c3ccc(F)cc23)NC(=O)[C@H](Cc2c[nH]c3ccc(F)cc23)NC(=O)CNC1=O. The average molecular weight is 1430 g/mol. The third-order valence-corrected chi connectivity index (χ3v) is 19.6. The Morgan fingerprint density at radius 1 is 0.673 bits per heavy atom. The molecule has 10 amide bonds. The number of hydrogen-bond donors (Lipinski definition) is 15. The second-order valence-corrected chi connectivity index (χ2v) is 27.3. The van der Waals surface area contributed by atoms with E-state index in [2.05, 4.69) is 62.5 Å². The minimum atomic E-state index is -2.05. The molecule has 101 heavy (non-hydrogen) atoms. The molecule has 2 bridgehead atoms. The molecule has 2 aliphatic heterocycles. The molecule has 1 fully saturated rings. The van der Waals surface area contributed by atoms with E-state index in [-0.39, 0.29) is 79.8 Å². The quantitative estimate of drug-likeness (QED) is 0.0654. The van der Waals surface area contributed by atoms with Gasteiger partial charge >= 0.3 is 5.97 Å². The number of halogens is 2. The van der Waals surface area contributed by atoms with Crippen molar-refractivity contribution in [3.05, 3.63) is 155 Å². The maximum absolute atomic E-state index is 15.1. The van der Waals surface area contributed by atoms with Crippen molar-refractivity contribution in [1.29, 1.82) is 0 Å². The number of benzene rings is 4. The second kappa shape index (κ2) is 35.1. The van der Waals surface area contributed by atoms with E-state index < -0.39 is 144 Å². The third-order valence-electron chi connectivity index (χ3n) is 17.4. The maximum Gasteiger partial charge on any atom is 0.305 e. The number of nitrogens with two attached hydrogens (primary N) is 2. The van der Waals surface area contributed by atoms with Gasteiger partial charge in [0.15, 0.2) is 0 Å². The number of imidazole rings is 1. The number of amides is 10. The molecular weight excluding hydrogens is 1350 g/mol. The molecule has 3 aromatic heterocycles. The van der Waals surface area contributed by atoms with Crippen LogP contribution in [-0.4, -0.2) is 179 Å². The summed E-state index contributed by atoms with van der Waals surface area (Å²) >= 11 is 2.79. The number of fused-ring (bicyclic) bond motifs is 5. The first-order chi connectivity index (χ1) is 48.4. The number of carboxylic acids is 1. The van der Waals surface area contributed by atoms with Gasteiger partial charge in [0.25, 0.3) is 0 Å². The van der Waals surface area contributed by atoms with Crippen LogP contribution in [0.25, 0.3) is 21.8 Å². The second-order valence-electron chi connectivity index (χ2n) is 25.1. The zero-order chi connectivity index (χ0) is 72.3. The molecule has 4 aromatic carbocycles. The number of rotatable bonds is 15. The lowest BCUT2D eigenvalue weighted by Crippen LogP contribution is -2.61. The maximum atomic E-state index is 15.1. The number of primary amides is 1. The average Bonchev–Trinajstić information content (AvgIpc) is 1.79. The van der Waals surface area contributed by atoms with Crippen molar-refractivity contribution in [1.82, 2.24) is 67.4 Å². The minimum absolute atomic E-state index is 0.00425. The zero-order valence-electron chi connectivity index (χ0n) is 55.2. The van der Waals surface area contributed by atoms with Gasteiger partial charge in [0.05, 0.1) is 19.3 Å². The summed E-state index contributed by atoms with van der Waals surface area (Å²) in [5, 5.41) is 42.1. The fraction of sp³-hybridized carbons (Fsp3) is 0.391. The smallest absolute Gasteiger partial charge is 0.305 e. The standard InChI is InChI=1S/C69H81F2N15O13S2/c1-69(18-2-3-19-72)68(99)77-33-59(89)79-51(24-41-30-75-49-15-11-43(70)26-47(41)49)62(93)80-52(25-42-31-76-50-16-12-44(71)27-48(42)50)63(94)82-54(29-60(90)91)65(96)81-53(28-45-32-74-37-78-45)64(95)83-55(23-38-9-13-46(87)14-10-38)67(98)86-20-5-8-57(86)66(97)84-56(61(73)92)36-101-35-40-7-4-6-39(22-40)34-100-21-17-58(88)85-69/h4,6-7,9-16,22,26-27,30-32,37,51-57,75-76,87H,2-3,5,8,17-21,23-25,28-29,33-36,72H2,1H3,(H2,73,92)(H,74,78)(H,77,99)(H,79,89)(H,80,93)(H,81,96)(H,82,94)(H,83,95)(H,84,97)(H,85,88)(H,90,91)/t51-,52-,53-,54-,55-,56-,57-,69-/m0/s1. The van der Waals surface area contributed by atoms with Crippen LogP contribution in [0.15, 0.2) is 110 Å². The first-order valence-electron chi connectivity index (χ1n) is 32.8. The molecule has 2 aliphatic rings. The number of nitrogens with zero attached hydrogens (tertiary/aromatic N) is 2. The molecule has 7 aromatic rings. The van der Waals surface area contributed by atoms with Crippen molar-refractivity contribution in [2.24, 2.45) is 11.5 Å². The fourth-order valence-electron chi connectivity index (χ4n) is 12.1. The molecule has 8 atom stereocenters. The number of H-pyrrole nitrogens is 3. The first-order valence-corrected chi connectivity index (χ1v) is 35.1. The number of hydrogen-bond acceptors (Lipinski definition) is 16. The topological polar surface area (TPSA) is 440 Å². The number of aliphatic carboxylic acids is 1. The summed E-state index contributed by atoms with van der Waals surface area (Å²) in [6.07, 6.45) is 4.42. The normalized spacial score (nSPS) is 22.7. The summed E-state index contributed by atoms with van der Waals surface area (Å²) in [7, 11) is 0. The highest BCUT2D eigenvalue weighted by Gasteiger charge is 2.41. The molecule has 1 saturated heterocycles. The van der Waals surface area contributed by atoms with Crippen molar-refractivity contribution < 1.29 is 71.7 Å². The van der Waals surface area contributed by atoms with Gasteiger partial charge in [0, 0.05) is 108 Å².